The van der Waals surface area contributed by atoms with E-state index in [1.54, 1.807) is 6.20 Å². The number of aryl methyl sites for hydroxylation is 2. The molecule has 0 saturated carbocycles. The average Bonchev–Trinajstić information content (AvgIpc) is 2.68. The Morgan fingerprint density at radius 3 is 2.88 bits per heavy atom. The molecule has 0 aliphatic rings. The molecule has 90 valence electrons. The van der Waals surface area contributed by atoms with Crippen molar-refractivity contribution in [3.63, 3.8) is 0 Å². The molecule has 0 fully saturated rings. The van der Waals surface area contributed by atoms with Crippen molar-refractivity contribution in [2.75, 3.05) is 6.61 Å². The van der Waals surface area contributed by atoms with Crippen LogP contribution in [0.4, 0.5) is 0 Å². The molecular weight excluding hydrogens is 280 g/mol. The fourth-order valence-corrected chi connectivity index (χ4v) is 2.14. The first-order valence-corrected chi connectivity index (χ1v) is 6.31. The lowest BCUT2D eigenvalue weighted by molar-refractivity contribution is 0.315. The molecule has 1 heterocycles. The maximum atomic E-state index is 5.75. The van der Waals surface area contributed by atoms with E-state index in [2.05, 4.69) is 27.0 Å². The first-order valence-electron chi connectivity index (χ1n) is 5.52. The van der Waals surface area contributed by atoms with Gasteiger partial charge in [0.15, 0.2) is 0 Å². The largest absolute Gasteiger partial charge is 0.493 e. The molecule has 0 unspecified atom stereocenters. The van der Waals surface area contributed by atoms with E-state index >= 15 is 0 Å². The summed E-state index contributed by atoms with van der Waals surface area (Å²) in [6.07, 6.45) is 4.57. The monoisotopic (exact) mass is 294 g/mol. The molecule has 17 heavy (non-hydrogen) atoms. The summed E-state index contributed by atoms with van der Waals surface area (Å²) >= 11 is 3.44. The lowest BCUT2D eigenvalue weighted by atomic mass is 10.2. The van der Waals surface area contributed by atoms with E-state index in [1.165, 1.54) is 0 Å². The van der Waals surface area contributed by atoms with Gasteiger partial charge in [-0.15, -0.1) is 0 Å². The van der Waals surface area contributed by atoms with Gasteiger partial charge >= 0.3 is 0 Å². The van der Waals surface area contributed by atoms with Gasteiger partial charge in [-0.25, -0.2) is 4.98 Å². The Labute approximate surface area is 110 Å². The third-order valence-corrected chi connectivity index (χ3v) is 3.13. The molecule has 4 heteroatoms. The molecule has 0 bridgehead atoms. The van der Waals surface area contributed by atoms with E-state index in [-0.39, 0.29) is 0 Å². The molecule has 1 aromatic carbocycles. The SMILES string of the molecule is Cc1cc(Br)ccc1OCCc1nccn1C. The molecule has 2 rings (SSSR count). The van der Waals surface area contributed by atoms with Gasteiger partial charge in [-0.1, -0.05) is 15.9 Å². The van der Waals surface area contributed by atoms with Crippen molar-refractivity contribution in [1.29, 1.82) is 0 Å². The van der Waals surface area contributed by atoms with E-state index < -0.39 is 0 Å². The third kappa shape index (κ3) is 3.09. The number of hydrogen-bond donors (Lipinski definition) is 0. The number of aromatic nitrogens is 2. The van der Waals surface area contributed by atoms with Gasteiger partial charge in [-0.3, -0.25) is 0 Å². The standard InChI is InChI=1S/C13H15BrN2O/c1-10-9-11(14)3-4-12(10)17-8-5-13-15-6-7-16(13)2/h3-4,6-7,9H,5,8H2,1-2H3. The molecule has 0 aliphatic heterocycles. The minimum absolute atomic E-state index is 0.646. The molecule has 0 aliphatic carbocycles. The highest BCUT2D eigenvalue weighted by Crippen LogP contribution is 2.22. The lowest BCUT2D eigenvalue weighted by Crippen LogP contribution is -2.06. The zero-order chi connectivity index (χ0) is 12.3. The Morgan fingerprint density at radius 1 is 1.41 bits per heavy atom. The van der Waals surface area contributed by atoms with Crippen LogP contribution in [0, 0.1) is 6.92 Å². The van der Waals surface area contributed by atoms with E-state index in [9.17, 15) is 0 Å². The first-order chi connectivity index (χ1) is 8.16. The predicted molar refractivity (Wildman–Crippen MR) is 71.3 cm³/mol. The topological polar surface area (TPSA) is 27.1 Å². The van der Waals surface area contributed by atoms with Gasteiger partial charge in [0.2, 0.25) is 0 Å². The summed E-state index contributed by atoms with van der Waals surface area (Å²) in [5, 5.41) is 0. The van der Waals surface area contributed by atoms with Crippen LogP contribution in [0.15, 0.2) is 35.1 Å². The molecule has 0 atom stereocenters. The van der Waals surface area contributed by atoms with Crippen LogP contribution in [-0.2, 0) is 13.5 Å². The van der Waals surface area contributed by atoms with E-state index in [4.69, 9.17) is 4.74 Å². The maximum Gasteiger partial charge on any atom is 0.122 e. The van der Waals surface area contributed by atoms with Gasteiger partial charge in [0.05, 0.1) is 6.61 Å². The number of nitrogens with zero attached hydrogens (tertiary/aromatic N) is 2. The summed E-state index contributed by atoms with van der Waals surface area (Å²) in [7, 11) is 1.99. The van der Waals surface area contributed by atoms with Gasteiger partial charge in [-0.2, -0.15) is 0 Å². The van der Waals surface area contributed by atoms with Crippen LogP contribution in [-0.4, -0.2) is 16.2 Å². The normalized spacial score (nSPS) is 10.5. The second-order valence-corrected chi connectivity index (χ2v) is 4.88. The maximum absolute atomic E-state index is 5.75. The van der Waals surface area contributed by atoms with Gasteiger partial charge < -0.3 is 9.30 Å². The zero-order valence-corrected chi connectivity index (χ0v) is 11.6. The highest BCUT2D eigenvalue weighted by molar-refractivity contribution is 9.10. The van der Waals surface area contributed by atoms with Crippen molar-refractivity contribution in [2.45, 2.75) is 13.3 Å². The summed E-state index contributed by atoms with van der Waals surface area (Å²) < 4.78 is 8.83. The third-order valence-electron chi connectivity index (χ3n) is 2.64. The van der Waals surface area contributed by atoms with Gasteiger partial charge in [-0.05, 0) is 30.7 Å². The van der Waals surface area contributed by atoms with Crippen molar-refractivity contribution < 1.29 is 4.74 Å². The van der Waals surface area contributed by atoms with Crippen LogP contribution in [0.3, 0.4) is 0 Å². The number of ether oxygens (including phenoxy) is 1. The van der Waals surface area contributed by atoms with Gasteiger partial charge in [0.25, 0.3) is 0 Å². The molecule has 0 N–H and O–H groups in total. The number of imidazole rings is 1. The van der Waals surface area contributed by atoms with Crippen LogP contribution < -0.4 is 4.74 Å². The first kappa shape index (κ1) is 12.2. The van der Waals surface area contributed by atoms with E-state index in [1.807, 2.05) is 36.9 Å². The Morgan fingerprint density at radius 2 is 2.24 bits per heavy atom. The summed E-state index contributed by atoms with van der Waals surface area (Å²) in [4.78, 5) is 4.26. The van der Waals surface area contributed by atoms with Crippen molar-refractivity contribution in [3.05, 3.63) is 46.5 Å². The predicted octanol–water partition coefficient (Wildman–Crippen LogP) is 3.11. The Hall–Kier alpha value is -1.29. The lowest BCUT2D eigenvalue weighted by Gasteiger charge is -2.09. The van der Waals surface area contributed by atoms with Crippen molar-refractivity contribution in [3.8, 4) is 5.75 Å². The fourth-order valence-electron chi connectivity index (χ4n) is 1.66. The number of rotatable bonds is 4. The Kier molecular flexibility index (Phi) is 3.84. The molecule has 0 saturated heterocycles. The molecule has 0 radical (unpaired) electrons. The summed E-state index contributed by atoms with van der Waals surface area (Å²) in [5.41, 5.74) is 1.14. The van der Waals surface area contributed by atoms with E-state index in [0.717, 1.165) is 28.0 Å². The second kappa shape index (κ2) is 5.36. The zero-order valence-electron chi connectivity index (χ0n) is 9.98. The quantitative estimate of drug-likeness (QED) is 0.866. The van der Waals surface area contributed by atoms with Crippen molar-refractivity contribution in [2.24, 2.45) is 7.05 Å². The summed E-state index contributed by atoms with van der Waals surface area (Å²) in [6, 6.07) is 6.02. The number of halogens is 1. The summed E-state index contributed by atoms with van der Waals surface area (Å²) in [6.45, 7) is 2.69. The highest BCUT2D eigenvalue weighted by atomic mass is 79.9. The van der Waals surface area contributed by atoms with Crippen molar-refractivity contribution >= 4 is 15.9 Å². The Balaban J connectivity index is 1.92. The van der Waals surface area contributed by atoms with E-state index in [0.29, 0.717) is 6.61 Å². The molecule has 0 amide bonds. The minimum Gasteiger partial charge on any atom is -0.493 e. The minimum atomic E-state index is 0.646. The second-order valence-electron chi connectivity index (χ2n) is 3.96. The van der Waals surface area contributed by atoms with Crippen LogP contribution in [0.25, 0.3) is 0 Å². The summed E-state index contributed by atoms with van der Waals surface area (Å²) in [5.74, 6) is 1.97. The molecule has 1 aromatic heterocycles. The van der Waals surface area contributed by atoms with Crippen LogP contribution in [0.1, 0.15) is 11.4 Å². The highest BCUT2D eigenvalue weighted by Gasteiger charge is 2.02. The van der Waals surface area contributed by atoms with Crippen molar-refractivity contribution in [1.82, 2.24) is 9.55 Å². The fraction of sp³-hybridized carbons (Fsp3) is 0.308. The van der Waals surface area contributed by atoms with Gasteiger partial charge in [0.1, 0.15) is 11.6 Å². The molecule has 2 aromatic rings. The average molecular weight is 295 g/mol. The van der Waals surface area contributed by atoms with Crippen LogP contribution in [0.5, 0.6) is 5.75 Å². The Bertz CT molecular complexity index is 508. The molecule has 0 spiro atoms. The van der Waals surface area contributed by atoms with Crippen LogP contribution in [0.2, 0.25) is 0 Å². The van der Waals surface area contributed by atoms with Crippen LogP contribution >= 0.6 is 15.9 Å². The number of benzene rings is 1. The molecule has 3 nitrogen and oxygen atoms in total. The smallest absolute Gasteiger partial charge is 0.122 e. The molecular formula is C13H15BrN2O. The number of hydrogen-bond acceptors (Lipinski definition) is 2. The van der Waals surface area contributed by atoms with Gasteiger partial charge in [0, 0.05) is 30.3 Å².